The highest BCUT2D eigenvalue weighted by atomic mass is 79.9. The summed E-state index contributed by atoms with van der Waals surface area (Å²) in [5, 5.41) is 0. The number of halogens is 1. The molecule has 1 saturated heterocycles. The normalized spacial score (nSPS) is 13.3. The van der Waals surface area contributed by atoms with Gasteiger partial charge in [0.25, 0.3) is 0 Å². The molecule has 3 nitrogen and oxygen atoms in total. The van der Waals surface area contributed by atoms with Gasteiger partial charge in [0.2, 0.25) is 0 Å². The van der Waals surface area contributed by atoms with Crippen molar-refractivity contribution in [3.8, 4) is 11.5 Å². The standard InChI is InChI=1S/C11H15NO.C7H7BrO/c1-13-11-6-4-5-10(9-11)12-7-2-3-8-12;1-9-7-5-3-2-4-6(7)8/h4-6,9H,2-3,7-8H2,1H3;2-5H,1H3. The lowest BCUT2D eigenvalue weighted by Gasteiger charge is -2.17. The first-order valence-electron chi connectivity index (χ1n) is 7.42. The Kier molecular flexibility index (Phi) is 6.59. The number of nitrogens with zero attached hydrogens (tertiary/aromatic N) is 1. The Hall–Kier alpha value is -1.68. The molecule has 4 heteroatoms. The maximum Gasteiger partial charge on any atom is 0.133 e. The molecule has 1 aliphatic heterocycles. The van der Waals surface area contributed by atoms with Crippen LogP contribution in [0.3, 0.4) is 0 Å². The molecule has 1 aliphatic rings. The maximum atomic E-state index is 5.19. The fourth-order valence-electron chi connectivity index (χ4n) is 2.39. The van der Waals surface area contributed by atoms with E-state index in [0.29, 0.717) is 0 Å². The summed E-state index contributed by atoms with van der Waals surface area (Å²) in [6, 6.07) is 16.0. The molecule has 1 fully saturated rings. The van der Waals surface area contributed by atoms with Gasteiger partial charge in [0.1, 0.15) is 11.5 Å². The van der Waals surface area contributed by atoms with E-state index in [9.17, 15) is 0 Å². The van der Waals surface area contributed by atoms with Crippen molar-refractivity contribution in [3.05, 3.63) is 53.0 Å². The van der Waals surface area contributed by atoms with Gasteiger partial charge in [-0.1, -0.05) is 18.2 Å². The molecule has 2 aromatic carbocycles. The van der Waals surface area contributed by atoms with Crippen LogP contribution in [-0.4, -0.2) is 27.3 Å². The number of hydrogen-bond donors (Lipinski definition) is 0. The second-order valence-corrected chi connectivity index (χ2v) is 5.88. The first kappa shape index (κ1) is 16.7. The Labute approximate surface area is 141 Å². The van der Waals surface area contributed by atoms with E-state index in [4.69, 9.17) is 9.47 Å². The third-order valence-corrected chi connectivity index (χ3v) is 4.24. The number of methoxy groups -OCH3 is 2. The molecule has 0 bridgehead atoms. The summed E-state index contributed by atoms with van der Waals surface area (Å²) in [7, 11) is 3.36. The molecule has 0 N–H and O–H groups in total. The topological polar surface area (TPSA) is 21.7 Å². The zero-order valence-electron chi connectivity index (χ0n) is 13.1. The summed E-state index contributed by atoms with van der Waals surface area (Å²) < 4.78 is 11.2. The first-order chi connectivity index (χ1) is 10.7. The van der Waals surface area contributed by atoms with Gasteiger partial charge in [-0.15, -0.1) is 0 Å². The Bertz CT molecular complexity index is 583. The van der Waals surface area contributed by atoms with E-state index in [1.807, 2.05) is 36.4 Å². The number of hydrogen-bond acceptors (Lipinski definition) is 3. The van der Waals surface area contributed by atoms with E-state index >= 15 is 0 Å². The summed E-state index contributed by atoms with van der Waals surface area (Å²) in [5.74, 6) is 1.82. The summed E-state index contributed by atoms with van der Waals surface area (Å²) >= 11 is 3.33. The predicted molar refractivity (Wildman–Crippen MR) is 95.1 cm³/mol. The molecule has 0 aliphatic carbocycles. The number of benzene rings is 2. The molecule has 118 valence electrons. The Morgan fingerprint density at radius 3 is 2.23 bits per heavy atom. The highest BCUT2D eigenvalue weighted by Crippen LogP contribution is 2.24. The van der Waals surface area contributed by atoms with Gasteiger partial charge in [-0.2, -0.15) is 0 Å². The van der Waals surface area contributed by atoms with Crippen molar-refractivity contribution in [2.45, 2.75) is 12.8 Å². The van der Waals surface area contributed by atoms with Crippen LogP contribution in [0.2, 0.25) is 0 Å². The number of ether oxygens (including phenoxy) is 2. The van der Waals surface area contributed by atoms with Crippen molar-refractivity contribution in [2.75, 3.05) is 32.2 Å². The molecule has 0 unspecified atom stereocenters. The quantitative estimate of drug-likeness (QED) is 0.784. The van der Waals surface area contributed by atoms with E-state index in [1.54, 1.807) is 14.2 Å². The number of anilines is 1. The van der Waals surface area contributed by atoms with Gasteiger partial charge in [-0.3, -0.25) is 0 Å². The van der Waals surface area contributed by atoms with E-state index < -0.39 is 0 Å². The maximum absolute atomic E-state index is 5.19. The predicted octanol–water partition coefficient (Wildman–Crippen LogP) is 4.75. The molecule has 3 rings (SSSR count). The third-order valence-electron chi connectivity index (χ3n) is 3.58. The minimum absolute atomic E-state index is 0.873. The third kappa shape index (κ3) is 4.67. The molecule has 0 aromatic heterocycles. The Balaban J connectivity index is 0.000000172. The van der Waals surface area contributed by atoms with E-state index in [-0.39, 0.29) is 0 Å². The van der Waals surface area contributed by atoms with Crippen molar-refractivity contribution < 1.29 is 9.47 Å². The van der Waals surface area contributed by atoms with Crippen LogP contribution in [0.1, 0.15) is 12.8 Å². The van der Waals surface area contributed by atoms with Gasteiger partial charge in [-0.25, -0.2) is 0 Å². The summed E-state index contributed by atoms with van der Waals surface area (Å²) in [6.45, 7) is 2.38. The Morgan fingerprint density at radius 2 is 1.64 bits per heavy atom. The van der Waals surface area contributed by atoms with Gasteiger partial charge in [0.05, 0.1) is 18.7 Å². The smallest absolute Gasteiger partial charge is 0.133 e. The van der Waals surface area contributed by atoms with Gasteiger partial charge >= 0.3 is 0 Å². The zero-order valence-corrected chi connectivity index (χ0v) is 14.7. The lowest BCUT2D eigenvalue weighted by Crippen LogP contribution is -2.17. The number of rotatable bonds is 3. The average Bonchev–Trinajstić information content (AvgIpc) is 3.10. The van der Waals surface area contributed by atoms with Crippen LogP contribution in [0.4, 0.5) is 5.69 Å². The van der Waals surface area contributed by atoms with Crippen molar-refractivity contribution in [1.29, 1.82) is 0 Å². The lowest BCUT2D eigenvalue weighted by atomic mass is 10.3. The van der Waals surface area contributed by atoms with Crippen molar-refractivity contribution in [3.63, 3.8) is 0 Å². The van der Waals surface area contributed by atoms with Crippen LogP contribution >= 0.6 is 15.9 Å². The first-order valence-corrected chi connectivity index (χ1v) is 8.21. The van der Waals surface area contributed by atoms with Crippen molar-refractivity contribution >= 4 is 21.6 Å². The minimum Gasteiger partial charge on any atom is -0.497 e. The molecule has 2 aromatic rings. The van der Waals surface area contributed by atoms with Gasteiger partial charge in [0, 0.05) is 24.8 Å². The van der Waals surface area contributed by atoms with Crippen LogP contribution in [0, 0.1) is 0 Å². The fourth-order valence-corrected chi connectivity index (χ4v) is 2.84. The molecule has 0 saturated carbocycles. The molecule has 0 atom stereocenters. The summed E-state index contributed by atoms with van der Waals surface area (Å²) in [4.78, 5) is 2.41. The molecular formula is C18H22BrNO2. The van der Waals surface area contributed by atoms with Crippen LogP contribution in [-0.2, 0) is 0 Å². The minimum atomic E-state index is 0.873. The lowest BCUT2D eigenvalue weighted by molar-refractivity contribution is 0.412. The monoisotopic (exact) mass is 363 g/mol. The highest BCUT2D eigenvalue weighted by molar-refractivity contribution is 9.10. The zero-order chi connectivity index (χ0) is 15.8. The molecule has 0 spiro atoms. The summed E-state index contributed by atoms with van der Waals surface area (Å²) in [5.41, 5.74) is 1.29. The van der Waals surface area contributed by atoms with Crippen molar-refractivity contribution in [2.24, 2.45) is 0 Å². The van der Waals surface area contributed by atoms with Crippen LogP contribution in [0.15, 0.2) is 53.0 Å². The van der Waals surface area contributed by atoms with Crippen molar-refractivity contribution in [1.82, 2.24) is 0 Å². The molecule has 22 heavy (non-hydrogen) atoms. The van der Waals surface area contributed by atoms with E-state index in [1.165, 1.54) is 31.6 Å². The van der Waals surface area contributed by atoms with Crippen LogP contribution < -0.4 is 14.4 Å². The van der Waals surface area contributed by atoms with Gasteiger partial charge < -0.3 is 14.4 Å². The van der Waals surface area contributed by atoms with E-state index in [0.717, 1.165) is 16.0 Å². The van der Waals surface area contributed by atoms with Crippen LogP contribution in [0.5, 0.6) is 11.5 Å². The second-order valence-electron chi connectivity index (χ2n) is 5.03. The van der Waals surface area contributed by atoms with E-state index in [2.05, 4.69) is 33.0 Å². The fraction of sp³-hybridized carbons (Fsp3) is 0.333. The Morgan fingerprint density at radius 1 is 0.909 bits per heavy atom. The molecule has 1 heterocycles. The molecular weight excluding hydrogens is 342 g/mol. The summed E-state index contributed by atoms with van der Waals surface area (Å²) in [6.07, 6.45) is 2.63. The van der Waals surface area contributed by atoms with Crippen LogP contribution in [0.25, 0.3) is 0 Å². The second kappa shape index (κ2) is 8.69. The number of para-hydroxylation sites is 1. The largest absolute Gasteiger partial charge is 0.497 e. The molecule has 0 amide bonds. The van der Waals surface area contributed by atoms with Gasteiger partial charge in [0.15, 0.2) is 0 Å². The molecule has 0 radical (unpaired) electrons. The SMILES string of the molecule is COc1cccc(N2CCCC2)c1.COc1ccccc1Br. The van der Waals surface area contributed by atoms with Gasteiger partial charge in [-0.05, 0) is 53.0 Å². The highest BCUT2D eigenvalue weighted by Gasteiger charge is 2.12. The average molecular weight is 364 g/mol.